The van der Waals surface area contributed by atoms with Crippen LogP contribution in [0.2, 0.25) is 6.82 Å². The maximum absolute atomic E-state index is 13.3. The van der Waals surface area contributed by atoms with E-state index in [1.54, 1.807) is 33.0 Å². The van der Waals surface area contributed by atoms with Crippen LogP contribution in [0.3, 0.4) is 0 Å². The van der Waals surface area contributed by atoms with Crippen LogP contribution in [0.4, 0.5) is 0 Å². The second kappa shape index (κ2) is 12.1. The lowest BCUT2D eigenvalue weighted by Gasteiger charge is -2.38. The van der Waals surface area contributed by atoms with Gasteiger partial charge in [0.2, 0.25) is 5.91 Å². The highest BCUT2D eigenvalue weighted by atomic mass is 16.5. The number of amides is 1. The molecule has 0 spiro atoms. The molecule has 37 heavy (non-hydrogen) atoms. The van der Waals surface area contributed by atoms with Crippen molar-refractivity contribution in [1.82, 2.24) is 4.81 Å². The summed E-state index contributed by atoms with van der Waals surface area (Å²) < 4.78 is 22.5. The molecule has 1 N–H and O–H groups in total. The first-order chi connectivity index (χ1) is 17.9. The number of nitrogens with zero attached hydrogens (tertiary/aromatic N) is 1. The van der Waals surface area contributed by atoms with Crippen molar-refractivity contribution in [3.8, 4) is 23.0 Å². The number of hydrogen-bond acceptors (Lipinski definition) is 6. The van der Waals surface area contributed by atoms with E-state index in [0.717, 1.165) is 16.7 Å². The first-order valence-corrected chi connectivity index (χ1v) is 12.5. The van der Waals surface area contributed by atoms with E-state index in [9.17, 15) is 9.82 Å². The molecule has 1 aliphatic rings. The van der Waals surface area contributed by atoms with Gasteiger partial charge in [-0.3, -0.25) is 4.79 Å². The van der Waals surface area contributed by atoms with Crippen LogP contribution in [0, 0.1) is 5.92 Å². The maximum atomic E-state index is 13.3. The SMILES string of the molecule is COc1ccc([C@@H]2CC(Cc3ccc(OCc4ccccc4)c(OC)c3)C(=O)N(B(C)O)C2)cc1OC. The third-order valence-corrected chi connectivity index (χ3v) is 6.90. The van der Waals surface area contributed by atoms with E-state index in [4.69, 9.17) is 18.9 Å². The molecule has 0 bridgehead atoms. The number of piperidine rings is 1. The minimum absolute atomic E-state index is 0.0462. The van der Waals surface area contributed by atoms with Crippen LogP contribution >= 0.6 is 0 Å². The molecule has 0 saturated carbocycles. The lowest BCUT2D eigenvalue weighted by atomic mass is 9.74. The molecular weight excluding hydrogens is 469 g/mol. The van der Waals surface area contributed by atoms with Gasteiger partial charge in [-0.15, -0.1) is 0 Å². The average molecular weight is 503 g/mol. The highest BCUT2D eigenvalue weighted by Gasteiger charge is 2.38. The Labute approximate surface area is 219 Å². The molecule has 3 aromatic carbocycles. The van der Waals surface area contributed by atoms with Crippen molar-refractivity contribution in [2.24, 2.45) is 5.92 Å². The summed E-state index contributed by atoms with van der Waals surface area (Å²) in [5, 5.41) is 10.4. The largest absolute Gasteiger partial charge is 0.493 e. The van der Waals surface area contributed by atoms with Crippen LogP contribution in [-0.2, 0) is 17.8 Å². The Kier molecular flexibility index (Phi) is 8.61. The smallest absolute Gasteiger partial charge is 0.411 e. The van der Waals surface area contributed by atoms with Gasteiger partial charge >= 0.3 is 7.05 Å². The summed E-state index contributed by atoms with van der Waals surface area (Å²) in [7, 11) is 3.95. The molecule has 8 heteroatoms. The molecule has 1 amide bonds. The van der Waals surface area contributed by atoms with Gasteiger partial charge in [0.25, 0.3) is 0 Å². The molecule has 194 valence electrons. The first kappa shape index (κ1) is 26.4. The van der Waals surface area contributed by atoms with Gasteiger partial charge in [0.1, 0.15) is 6.61 Å². The summed E-state index contributed by atoms with van der Waals surface area (Å²) in [6.07, 6.45) is 1.19. The third kappa shape index (κ3) is 6.20. The summed E-state index contributed by atoms with van der Waals surface area (Å²) in [5.41, 5.74) is 3.09. The maximum Gasteiger partial charge on any atom is 0.411 e. The van der Waals surface area contributed by atoms with Gasteiger partial charge in [0, 0.05) is 18.4 Å². The molecule has 0 aromatic heterocycles. The van der Waals surface area contributed by atoms with E-state index in [1.165, 1.54) is 0 Å². The van der Waals surface area contributed by atoms with Crippen molar-refractivity contribution in [2.75, 3.05) is 27.9 Å². The van der Waals surface area contributed by atoms with Crippen molar-refractivity contribution in [1.29, 1.82) is 0 Å². The monoisotopic (exact) mass is 503 g/mol. The summed E-state index contributed by atoms with van der Waals surface area (Å²) in [4.78, 5) is 14.9. The zero-order valence-electron chi connectivity index (χ0n) is 21.8. The molecule has 1 heterocycles. The summed E-state index contributed by atoms with van der Waals surface area (Å²) in [6.45, 7) is 2.51. The van der Waals surface area contributed by atoms with E-state index in [0.29, 0.717) is 49.0 Å². The molecule has 1 fully saturated rings. The van der Waals surface area contributed by atoms with E-state index in [1.807, 2.05) is 66.7 Å². The van der Waals surface area contributed by atoms with Crippen LogP contribution in [0.25, 0.3) is 0 Å². The van der Waals surface area contributed by atoms with Gasteiger partial charge in [0.15, 0.2) is 23.0 Å². The fraction of sp³-hybridized carbons (Fsp3) is 0.345. The highest BCUT2D eigenvalue weighted by molar-refractivity contribution is 6.49. The van der Waals surface area contributed by atoms with Crippen LogP contribution in [0.5, 0.6) is 23.0 Å². The van der Waals surface area contributed by atoms with Gasteiger partial charge in [-0.2, -0.15) is 0 Å². The quantitative estimate of drug-likeness (QED) is 0.409. The van der Waals surface area contributed by atoms with E-state index in [2.05, 4.69) is 0 Å². The summed E-state index contributed by atoms with van der Waals surface area (Å²) in [6, 6.07) is 21.6. The number of rotatable bonds is 10. The van der Waals surface area contributed by atoms with E-state index < -0.39 is 7.05 Å². The number of benzene rings is 3. The first-order valence-electron chi connectivity index (χ1n) is 12.5. The van der Waals surface area contributed by atoms with Crippen molar-refractivity contribution in [3.63, 3.8) is 0 Å². The minimum Gasteiger partial charge on any atom is -0.493 e. The van der Waals surface area contributed by atoms with Crippen LogP contribution in [0.15, 0.2) is 66.7 Å². The molecule has 4 rings (SSSR count). The number of carbonyl (C=O) groups excluding carboxylic acids is 1. The zero-order valence-corrected chi connectivity index (χ0v) is 21.8. The lowest BCUT2D eigenvalue weighted by Crippen LogP contribution is -2.51. The van der Waals surface area contributed by atoms with Crippen molar-refractivity contribution in [2.45, 2.75) is 32.2 Å². The van der Waals surface area contributed by atoms with Crippen LogP contribution in [0.1, 0.15) is 29.0 Å². The Hall–Kier alpha value is -3.65. The fourth-order valence-electron chi connectivity index (χ4n) is 4.91. The minimum atomic E-state index is -0.874. The predicted molar refractivity (Wildman–Crippen MR) is 143 cm³/mol. The summed E-state index contributed by atoms with van der Waals surface area (Å²) >= 11 is 0. The molecule has 3 aromatic rings. The Morgan fingerprint density at radius 2 is 1.54 bits per heavy atom. The topological polar surface area (TPSA) is 77.5 Å². The second-order valence-electron chi connectivity index (χ2n) is 9.33. The zero-order chi connectivity index (χ0) is 26.4. The molecule has 1 saturated heterocycles. The van der Waals surface area contributed by atoms with Crippen LogP contribution < -0.4 is 18.9 Å². The van der Waals surface area contributed by atoms with E-state index >= 15 is 0 Å². The predicted octanol–water partition coefficient (Wildman–Crippen LogP) is 4.58. The lowest BCUT2D eigenvalue weighted by molar-refractivity contribution is -0.134. The van der Waals surface area contributed by atoms with Gasteiger partial charge in [-0.1, -0.05) is 42.5 Å². The van der Waals surface area contributed by atoms with Gasteiger partial charge in [-0.25, -0.2) is 0 Å². The molecule has 2 atom stereocenters. The Morgan fingerprint density at radius 3 is 2.22 bits per heavy atom. The second-order valence-corrected chi connectivity index (χ2v) is 9.33. The number of hydrogen-bond donors (Lipinski definition) is 1. The molecular formula is C29H34BNO6. The van der Waals surface area contributed by atoms with Crippen LogP contribution in [-0.4, -0.2) is 50.7 Å². The molecule has 0 radical (unpaired) electrons. The number of methoxy groups -OCH3 is 3. The van der Waals surface area contributed by atoms with Gasteiger partial charge < -0.3 is 28.8 Å². The highest BCUT2D eigenvalue weighted by Crippen LogP contribution is 2.38. The van der Waals surface area contributed by atoms with Gasteiger partial charge in [-0.05, 0) is 60.6 Å². The Bertz CT molecular complexity index is 1200. The fourth-order valence-corrected chi connectivity index (χ4v) is 4.91. The van der Waals surface area contributed by atoms with Crippen molar-refractivity contribution >= 4 is 13.0 Å². The Morgan fingerprint density at radius 1 is 0.865 bits per heavy atom. The van der Waals surface area contributed by atoms with E-state index in [-0.39, 0.29) is 17.7 Å². The molecule has 7 nitrogen and oxygen atoms in total. The normalized spacial score (nSPS) is 17.3. The number of carbonyl (C=O) groups is 1. The molecule has 1 aliphatic heterocycles. The molecule has 0 aliphatic carbocycles. The Balaban J connectivity index is 1.53. The molecule has 1 unspecified atom stereocenters. The number of ether oxygens (including phenoxy) is 4. The summed E-state index contributed by atoms with van der Waals surface area (Å²) in [5.74, 6) is 2.29. The van der Waals surface area contributed by atoms with Crippen molar-refractivity contribution < 1.29 is 28.8 Å². The van der Waals surface area contributed by atoms with Crippen molar-refractivity contribution in [3.05, 3.63) is 83.4 Å². The van der Waals surface area contributed by atoms with Gasteiger partial charge in [0.05, 0.1) is 21.3 Å². The standard InChI is InChI=1S/C29H34BNO6/c1-30(33)31-18-24(22-11-13-25(34-2)28(17-22)36-4)16-23(29(31)32)14-21-10-12-26(27(15-21)35-3)37-19-20-8-6-5-7-9-20/h5-13,15,17,23-24,33H,14,16,18-19H2,1-4H3/t23?,24-/m1/s1. The third-order valence-electron chi connectivity index (χ3n) is 6.90. The average Bonchev–Trinajstić information content (AvgIpc) is 2.93.